The summed E-state index contributed by atoms with van der Waals surface area (Å²) in [5, 5.41) is 5.04. The van der Waals surface area contributed by atoms with Gasteiger partial charge >= 0.3 is 0 Å². The van der Waals surface area contributed by atoms with E-state index in [4.69, 9.17) is 9.88 Å². The van der Waals surface area contributed by atoms with E-state index in [0.29, 0.717) is 18.6 Å². The van der Waals surface area contributed by atoms with Gasteiger partial charge in [0.25, 0.3) is 0 Å². The lowest BCUT2D eigenvalue weighted by molar-refractivity contribution is 0.414. The van der Waals surface area contributed by atoms with Crippen LogP contribution in [0.1, 0.15) is 11.1 Å². The van der Waals surface area contributed by atoms with Gasteiger partial charge in [0.05, 0.1) is 17.8 Å². The molecule has 0 amide bonds. The summed E-state index contributed by atoms with van der Waals surface area (Å²) in [6, 6.07) is 13.3. The highest BCUT2D eigenvalue weighted by molar-refractivity contribution is 7.89. The molecule has 0 aliphatic carbocycles. The fourth-order valence-corrected chi connectivity index (χ4v) is 3.93. The molecule has 2 aromatic rings. The molecular formula is C17H22N2O5S2. The second-order valence-electron chi connectivity index (χ2n) is 5.75. The van der Waals surface area contributed by atoms with Crippen molar-refractivity contribution < 1.29 is 21.6 Å². The summed E-state index contributed by atoms with van der Waals surface area (Å²) in [5.41, 5.74) is 1.70. The maximum Gasteiger partial charge on any atom is 0.238 e. The molecule has 0 bridgehead atoms. The summed E-state index contributed by atoms with van der Waals surface area (Å²) in [6.07, 6.45) is 0.832. The van der Waals surface area contributed by atoms with Gasteiger partial charge in [-0.05, 0) is 48.2 Å². The van der Waals surface area contributed by atoms with Gasteiger partial charge < -0.3 is 4.74 Å². The van der Waals surface area contributed by atoms with Crippen LogP contribution in [0.25, 0.3) is 0 Å². The Bertz CT molecular complexity index is 939. The molecule has 0 radical (unpaired) electrons. The second kappa shape index (κ2) is 8.63. The van der Waals surface area contributed by atoms with Crippen molar-refractivity contribution in [1.29, 1.82) is 0 Å². The largest absolute Gasteiger partial charge is 0.497 e. The maximum absolute atomic E-state index is 12.1. The van der Waals surface area contributed by atoms with E-state index in [9.17, 15) is 16.8 Å². The zero-order chi connectivity index (χ0) is 19.2. The van der Waals surface area contributed by atoms with Gasteiger partial charge in [-0.2, -0.15) is 0 Å². The monoisotopic (exact) mass is 398 g/mol. The first kappa shape index (κ1) is 20.4. The van der Waals surface area contributed by atoms with Crippen LogP contribution in [0.4, 0.5) is 0 Å². The number of ether oxygens (including phenoxy) is 1. The van der Waals surface area contributed by atoms with Crippen LogP contribution in [0, 0.1) is 0 Å². The van der Waals surface area contributed by atoms with E-state index in [1.165, 1.54) is 12.1 Å². The second-order valence-corrected chi connectivity index (χ2v) is 9.24. The van der Waals surface area contributed by atoms with Crippen molar-refractivity contribution in [2.24, 2.45) is 5.14 Å². The lowest BCUT2D eigenvalue weighted by atomic mass is 10.2. The van der Waals surface area contributed by atoms with E-state index in [1.54, 1.807) is 25.3 Å². The molecule has 2 rings (SSSR count). The minimum Gasteiger partial charge on any atom is -0.497 e. The van der Waals surface area contributed by atoms with Gasteiger partial charge in [-0.25, -0.2) is 26.7 Å². The van der Waals surface area contributed by atoms with Crippen molar-refractivity contribution in [3.63, 3.8) is 0 Å². The van der Waals surface area contributed by atoms with E-state index in [0.717, 1.165) is 11.1 Å². The van der Waals surface area contributed by atoms with Crippen molar-refractivity contribution >= 4 is 20.0 Å². The first-order valence-corrected chi connectivity index (χ1v) is 11.1. The zero-order valence-corrected chi connectivity index (χ0v) is 16.0. The van der Waals surface area contributed by atoms with Crippen LogP contribution in [0.5, 0.6) is 5.75 Å². The highest BCUT2D eigenvalue weighted by Gasteiger charge is 2.11. The summed E-state index contributed by atoms with van der Waals surface area (Å²) < 4.78 is 54.3. The fraction of sp³-hybridized carbons (Fsp3) is 0.294. The van der Waals surface area contributed by atoms with E-state index < -0.39 is 20.0 Å². The molecule has 3 N–H and O–H groups in total. The van der Waals surface area contributed by atoms with Gasteiger partial charge in [-0.1, -0.05) is 24.3 Å². The van der Waals surface area contributed by atoms with Gasteiger partial charge in [0.2, 0.25) is 20.0 Å². The Labute approximate surface area is 154 Å². The Morgan fingerprint density at radius 3 is 2.27 bits per heavy atom. The van der Waals surface area contributed by atoms with E-state index in [1.807, 2.05) is 18.2 Å². The fourth-order valence-electron chi connectivity index (χ4n) is 2.35. The number of aryl methyl sites for hydroxylation is 1. The number of nitrogens with one attached hydrogen (secondary N) is 1. The highest BCUT2D eigenvalue weighted by Crippen LogP contribution is 2.13. The van der Waals surface area contributed by atoms with Crippen molar-refractivity contribution in [2.45, 2.75) is 17.7 Å². The Morgan fingerprint density at radius 1 is 0.962 bits per heavy atom. The summed E-state index contributed by atoms with van der Waals surface area (Å²) in [5.74, 6) is 0.667. The van der Waals surface area contributed by atoms with Crippen molar-refractivity contribution in [3.8, 4) is 5.75 Å². The lowest BCUT2D eigenvalue weighted by Crippen LogP contribution is -2.29. The lowest BCUT2D eigenvalue weighted by Gasteiger charge is -2.08. The number of benzene rings is 2. The average Bonchev–Trinajstić information content (AvgIpc) is 2.60. The number of primary sulfonamides is 1. The number of sulfonamides is 2. The SMILES string of the molecule is COc1cccc(CCS(=O)(=O)NCCc2ccc(S(N)(=O)=O)cc2)c1. The third-order valence-corrected chi connectivity index (χ3v) is 6.10. The van der Waals surface area contributed by atoms with E-state index in [2.05, 4.69) is 4.72 Å². The van der Waals surface area contributed by atoms with Crippen LogP contribution < -0.4 is 14.6 Å². The molecule has 0 fully saturated rings. The minimum atomic E-state index is -3.72. The number of hydrogen-bond acceptors (Lipinski definition) is 5. The Balaban J connectivity index is 1.84. The number of methoxy groups -OCH3 is 1. The van der Waals surface area contributed by atoms with Gasteiger partial charge in [0, 0.05) is 6.54 Å². The van der Waals surface area contributed by atoms with Crippen LogP contribution in [-0.4, -0.2) is 36.2 Å². The maximum atomic E-state index is 12.1. The molecule has 0 aliphatic rings. The summed E-state index contributed by atoms with van der Waals surface area (Å²) in [4.78, 5) is 0.0279. The molecule has 7 nitrogen and oxygen atoms in total. The summed E-state index contributed by atoms with van der Waals surface area (Å²) >= 11 is 0. The van der Waals surface area contributed by atoms with Crippen LogP contribution in [0.15, 0.2) is 53.4 Å². The van der Waals surface area contributed by atoms with Gasteiger partial charge in [-0.3, -0.25) is 0 Å². The van der Waals surface area contributed by atoms with Crippen molar-refractivity contribution in [3.05, 3.63) is 59.7 Å². The summed E-state index contributed by atoms with van der Waals surface area (Å²) in [7, 11) is -5.57. The van der Waals surface area contributed by atoms with E-state index in [-0.39, 0.29) is 17.2 Å². The normalized spacial score (nSPS) is 12.1. The molecule has 2 aromatic carbocycles. The molecule has 26 heavy (non-hydrogen) atoms. The third kappa shape index (κ3) is 6.41. The predicted molar refractivity (Wildman–Crippen MR) is 100 cm³/mol. The molecule has 0 saturated carbocycles. The molecule has 9 heteroatoms. The highest BCUT2D eigenvalue weighted by atomic mass is 32.2. The standard InChI is InChI=1S/C17H22N2O5S2/c1-24-16-4-2-3-15(13-16)10-12-25(20,21)19-11-9-14-5-7-17(8-6-14)26(18,22)23/h2-8,13,19H,9-12H2,1H3,(H2,18,22,23). The van der Waals surface area contributed by atoms with Crippen molar-refractivity contribution in [2.75, 3.05) is 19.4 Å². The molecule has 0 aliphatic heterocycles. The molecule has 0 saturated heterocycles. The number of hydrogen-bond donors (Lipinski definition) is 2. The quantitative estimate of drug-likeness (QED) is 0.655. The van der Waals surface area contributed by atoms with Crippen LogP contribution in [0.2, 0.25) is 0 Å². The van der Waals surface area contributed by atoms with E-state index >= 15 is 0 Å². The molecule has 0 atom stereocenters. The third-order valence-electron chi connectivity index (χ3n) is 3.78. The summed E-state index contributed by atoms with van der Waals surface area (Å²) in [6.45, 7) is 0.231. The molecule has 142 valence electrons. The molecular weight excluding hydrogens is 376 g/mol. The predicted octanol–water partition coefficient (Wildman–Crippen LogP) is 1.05. The molecule has 0 aromatic heterocycles. The first-order valence-electron chi connectivity index (χ1n) is 7.92. The minimum absolute atomic E-state index is 0.0233. The Morgan fingerprint density at radius 2 is 1.65 bits per heavy atom. The molecule has 0 unspecified atom stereocenters. The zero-order valence-electron chi connectivity index (χ0n) is 14.4. The van der Waals surface area contributed by atoms with Crippen LogP contribution >= 0.6 is 0 Å². The molecule has 0 heterocycles. The Hall–Kier alpha value is -1.94. The van der Waals surface area contributed by atoms with Crippen LogP contribution in [0.3, 0.4) is 0 Å². The number of nitrogens with two attached hydrogens (primary N) is 1. The van der Waals surface area contributed by atoms with Crippen LogP contribution in [-0.2, 0) is 32.9 Å². The topological polar surface area (TPSA) is 116 Å². The molecule has 0 spiro atoms. The number of rotatable bonds is 9. The Kier molecular flexibility index (Phi) is 6.76. The van der Waals surface area contributed by atoms with Crippen molar-refractivity contribution in [1.82, 2.24) is 4.72 Å². The van der Waals surface area contributed by atoms with Gasteiger partial charge in [0.15, 0.2) is 0 Å². The first-order chi connectivity index (χ1) is 12.2. The van der Waals surface area contributed by atoms with Gasteiger partial charge in [-0.15, -0.1) is 0 Å². The smallest absolute Gasteiger partial charge is 0.238 e. The van der Waals surface area contributed by atoms with Gasteiger partial charge in [0.1, 0.15) is 5.75 Å². The average molecular weight is 399 g/mol.